The molecule has 0 fully saturated rings. The zero-order chi connectivity index (χ0) is 44.9. The number of para-hydroxylation sites is 1. The molecule has 0 aliphatic carbocycles. The molecule has 9 atom stereocenters. The van der Waals surface area contributed by atoms with Gasteiger partial charge in [-0.05, 0) is 55.3 Å². The fraction of sp³-hybridized carbons (Fsp3) is 0.535. The number of amides is 6. The Morgan fingerprint density at radius 1 is 0.650 bits per heavy atom. The highest BCUT2D eigenvalue weighted by Gasteiger charge is 2.36. The van der Waals surface area contributed by atoms with E-state index >= 15 is 0 Å². The first kappa shape index (κ1) is 50.5. The van der Waals surface area contributed by atoms with Gasteiger partial charge >= 0.3 is 5.97 Å². The van der Waals surface area contributed by atoms with Crippen molar-refractivity contribution in [2.24, 2.45) is 23.5 Å². The molecule has 0 aromatic heterocycles. The number of benzene rings is 2. The molecule has 0 bridgehead atoms. The summed E-state index contributed by atoms with van der Waals surface area (Å²) in [4.78, 5) is 105. The maximum absolute atomic E-state index is 13.9. The average molecular weight is 838 g/mol. The number of aldehydes is 1. The zero-order valence-electron chi connectivity index (χ0n) is 35.6. The van der Waals surface area contributed by atoms with E-state index in [9.17, 15) is 43.5 Å². The van der Waals surface area contributed by atoms with E-state index in [1.807, 2.05) is 44.2 Å². The third kappa shape index (κ3) is 15.5. The van der Waals surface area contributed by atoms with Gasteiger partial charge in [0.2, 0.25) is 35.4 Å². The Balaban J connectivity index is 2.28. The molecule has 2 aromatic rings. The third-order valence-corrected chi connectivity index (χ3v) is 10.7. The Morgan fingerprint density at radius 3 is 1.63 bits per heavy atom. The predicted molar refractivity (Wildman–Crippen MR) is 224 cm³/mol. The van der Waals surface area contributed by atoms with Crippen molar-refractivity contribution in [3.63, 3.8) is 0 Å². The Kier molecular flexibility index (Phi) is 21.6. The van der Waals surface area contributed by atoms with Crippen molar-refractivity contribution < 1.29 is 48.2 Å². The van der Waals surface area contributed by atoms with Crippen LogP contribution in [0.15, 0.2) is 54.6 Å². The van der Waals surface area contributed by atoms with Crippen molar-refractivity contribution in [2.75, 3.05) is 13.7 Å². The van der Waals surface area contributed by atoms with E-state index in [0.29, 0.717) is 32.0 Å². The normalized spacial score (nSPS) is 15.5. The van der Waals surface area contributed by atoms with Crippen LogP contribution in [-0.2, 0) is 40.0 Å². The highest BCUT2D eigenvalue weighted by molar-refractivity contribution is 5.97. The molecular formula is C43H63N7O10. The summed E-state index contributed by atoms with van der Waals surface area (Å²) in [7, 11) is 1.62. The summed E-state index contributed by atoms with van der Waals surface area (Å²) in [5.74, 6) is -6.72. The smallest absolute Gasteiger partial charge is 0.334 e. The fourth-order valence-electron chi connectivity index (χ4n) is 6.13. The van der Waals surface area contributed by atoms with E-state index < -0.39 is 102 Å². The molecule has 60 heavy (non-hydrogen) atoms. The molecular weight excluding hydrogens is 775 g/mol. The van der Waals surface area contributed by atoms with E-state index in [-0.39, 0.29) is 24.2 Å². The minimum absolute atomic E-state index is 0.0126. The molecule has 2 aromatic carbocycles. The lowest BCUT2D eigenvalue weighted by Gasteiger charge is -2.30. The van der Waals surface area contributed by atoms with Crippen LogP contribution in [0.3, 0.4) is 0 Å². The lowest BCUT2D eigenvalue weighted by molar-refractivity contribution is -0.142. The highest BCUT2D eigenvalue weighted by atomic mass is 16.5. The number of hydrogen-bond donors (Lipinski definition) is 8. The molecule has 0 radical (unpaired) electrons. The van der Waals surface area contributed by atoms with E-state index in [0.717, 1.165) is 5.56 Å². The topological polar surface area (TPSA) is 264 Å². The minimum Gasteiger partial charge on any atom is -0.424 e. The second kappa shape index (κ2) is 25.7. The van der Waals surface area contributed by atoms with Crippen molar-refractivity contribution in [1.29, 1.82) is 0 Å². The molecule has 330 valence electrons. The van der Waals surface area contributed by atoms with Crippen LogP contribution >= 0.6 is 0 Å². The number of hydrogen-bond acceptors (Lipinski definition) is 11. The number of rotatable bonds is 26. The number of carbonyl (C=O) groups excluding carboxylic acids is 8. The maximum atomic E-state index is 13.9. The number of aliphatic hydroxyl groups excluding tert-OH is 1. The van der Waals surface area contributed by atoms with Gasteiger partial charge in [-0.15, -0.1) is 0 Å². The second-order valence-electron chi connectivity index (χ2n) is 15.0. The first-order valence-electron chi connectivity index (χ1n) is 20.4. The van der Waals surface area contributed by atoms with E-state index in [1.165, 1.54) is 12.1 Å². The Labute approximate surface area is 352 Å². The number of nitrogens with two attached hydrogens (primary N) is 1. The third-order valence-electron chi connectivity index (χ3n) is 10.7. The summed E-state index contributed by atoms with van der Waals surface area (Å²) in [5, 5.41) is 26.3. The van der Waals surface area contributed by atoms with Crippen LogP contribution in [0.5, 0.6) is 5.75 Å². The summed E-state index contributed by atoms with van der Waals surface area (Å²) in [5.41, 5.74) is 6.42. The number of likely N-dealkylation sites (N-methyl/N-ethyl adjacent to an activating group) is 1. The van der Waals surface area contributed by atoms with Crippen molar-refractivity contribution in [1.82, 2.24) is 31.9 Å². The van der Waals surface area contributed by atoms with Gasteiger partial charge < -0.3 is 47.5 Å². The Morgan fingerprint density at radius 2 is 1.12 bits per heavy atom. The number of ether oxygens (including phenoxy) is 1. The van der Waals surface area contributed by atoms with Crippen molar-refractivity contribution in [3.8, 4) is 5.75 Å². The number of nitrogens with one attached hydrogen (secondary N) is 6. The van der Waals surface area contributed by atoms with Crippen molar-refractivity contribution in [2.45, 2.75) is 116 Å². The van der Waals surface area contributed by atoms with Gasteiger partial charge in [-0.3, -0.25) is 33.6 Å². The van der Waals surface area contributed by atoms with Crippen LogP contribution < -0.4 is 42.4 Å². The molecule has 17 nitrogen and oxygen atoms in total. The molecule has 2 rings (SSSR count). The van der Waals surface area contributed by atoms with Gasteiger partial charge in [0.1, 0.15) is 36.0 Å². The monoisotopic (exact) mass is 837 g/mol. The quantitative estimate of drug-likeness (QED) is 0.0377. The molecule has 0 aliphatic rings. The Bertz CT molecular complexity index is 1760. The standard InChI is InChI=1S/C43H63N7O10/c1-8-25(4)35(49-39(55)31(45-7)22-28-16-12-11-13-17-28)41(57)47-32(24-52)40(56)46-30(20-21-34(44)53)38(54)48-36(26(5)9-2)42(58)50-37(27(6)10-3)43(59)60-33-19-15-14-18-29(33)23-51/h11-19,23,25-27,30-32,35-37,45,52H,8-10,20-22,24H2,1-7H3,(H2,44,53)(H,46,56)(H,47,57)(H,48,54)(H,49,55)(H,50,58)/t25-,26-,27-,30+,31+,32-,35-,36+,37-/m0/s1. The highest BCUT2D eigenvalue weighted by Crippen LogP contribution is 2.19. The molecule has 6 amide bonds. The molecule has 9 N–H and O–H groups in total. The summed E-state index contributed by atoms with van der Waals surface area (Å²) in [6.45, 7) is 9.70. The maximum Gasteiger partial charge on any atom is 0.334 e. The Hall–Kier alpha value is -5.68. The largest absolute Gasteiger partial charge is 0.424 e. The van der Waals surface area contributed by atoms with E-state index in [4.69, 9.17) is 10.5 Å². The van der Waals surface area contributed by atoms with Crippen molar-refractivity contribution in [3.05, 3.63) is 65.7 Å². The molecule has 0 spiro atoms. The average Bonchev–Trinajstić information content (AvgIpc) is 3.25. The zero-order valence-corrected chi connectivity index (χ0v) is 35.6. The molecule has 0 saturated carbocycles. The van der Waals surface area contributed by atoms with Crippen molar-refractivity contribution >= 4 is 47.7 Å². The van der Waals surface area contributed by atoms with Gasteiger partial charge in [0.25, 0.3) is 0 Å². The summed E-state index contributed by atoms with van der Waals surface area (Å²) < 4.78 is 5.52. The van der Waals surface area contributed by atoms with Gasteiger partial charge in [0.05, 0.1) is 18.2 Å². The van der Waals surface area contributed by atoms with Crippen LogP contribution in [0, 0.1) is 17.8 Å². The van der Waals surface area contributed by atoms with Gasteiger partial charge in [0, 0.05) is 6.42 Å². The second-order valence-corrected chi connectivity index (χ2v) is 15.0. The van der Waals surface area contributed by atoms with Gasteiger partial charge in [-0.2, -0.15) is 0 Å². The summed E-state index contributed by atoms with van der Waals surface area (Å²) >= 11 is 0. The van der Waals surface area contributed by atoms with Crippen LogP contribution in [0.2, 0.25) is 0 Å². The SMILES string of the molecule is CC[C@H](C)[C@H](NC(=O)[C@@H](Cc1ccccc1)NC)C(=O)N[C@@H](CO)C(=O)N[C@H](CCC(N)=O)C(=O)N[C@@H](C(=O)N[C@H](C(=O)Oc1ccccc1C=O)[C@@H](C)CC)[C@@H](C)CC. The number of carbonyl (C=O) groups is 8. The van der Waals surface area contributed by atoms with Gasteiger partial charge in [-0.1, -0.05) is 103 Å². The van der Waals surface area contributed by atoms with Crippen LogP contribution in [-0.4, -0.2) is 103 Å². The predicted octanol–water partition coefficient (Wildman–Crippen LogP) is 1.06. The van der Waals surface area contributed by atoms with Gasteiger partial charge in [0.15, 0.2) is 6.29 Å². The van der Waals surface area contributed by atoms with Crippen LogP contribution in [0.25, 0.3) is 0 Å². The van der Waals surface area contributed by atoms with Crippen LogP contribution in [0.1, 0.15) is 89.6 Å². The van der Waals surface area contributed by atoms with Gasteiger partial charge in [-0.25, -0.2) is 4.79 Å². The molecule has 0 unspecified atom stereocenters. The summed E-state index contributed by atoms with van der Waals surface area (Å²) in [6, 6.07) is 8.15. The fourth-order valence-corrected chi connectivity index (χ4v) is 6.13. The number of esters is 1. The molecule has 0 heterocycles. The first-order valence-corrected chi connectivity index (χ1v) is 20.4. The summed E-state index contributed by atoms with van der Waals surface area (Å²) in [6.07, 6.45) is 1.56. The molecule has 0 saturated heterocycles. The van der Waals surface area contributed by atoms with E-state index in [1.54, 1.807) is 46.9 Å². The molecule has 17 heteroatoms. The lowest BCUT2D eigenvalue weighted by atomic mass is 9.95. The minimum atomic E-state index is -1.59. The first-order chi connectivity index (χ1) is 28.5. The number of primary amides is 1. The lowest BCUT2D eigenvalue weighted by Crippen LogP contribution is -2.61. The van der Waals surface area contributed by atoms with E-state index in [2.05, 4.69) is 31.9 Å². The number of aliphatic hydroxyl groups is 1. The molecule has 0 aliphatic heterocycles. The van der Waals surface area contributed by atoms with Crippen LogP contribution in [0.4, 0.5) is 0 Å².